The lowest BCUT2D eigenvalue weighted by Gasteiger charge is -2.15. The topological polar surface area (TPSA) is 66.5 Å². The number of sulfonamides is 1. The number of amides is 1. The molecule has 0 saturated carbocycles. The van der Waals surface area contributed by atoms with Crippen molar-refractivity contribution in [3.63, 3.8) is 0 Å². The van der Waals surface area contributed by atoms with Gasteiger partial charge in [-0.2, -0.15) is 0 Å². The maximum atomic E-state index is 13.6. The van der Waals surface area contributed by atoms with Crippen LogP contribution in [0.4, 0.5) is 4.39 Å². The monoisotopic (exact) mass is 376 g/mol. The maximum absolute atomic E-state index is 13.6. The standard InChI is InChI=1S/C19H21FN2O3S/c20-18-9-2-1-6-15(18)10-11-21-26(24,25)17-8-5-7-16(14-17)19(23)22-12-3-4-13-22/h1-2,5-9,14,21H,3-4,10-13H2. The first-order chi connectivity index (χ1) is 12.5. The molecule has 0 unspecified atom stereocenters. The van der Waals surface area contributed by atoms with E-state index in [1.165, 1.54) is 18.2 Å². The molecule has 2 aromatic carbocycles. The zero-order valence-electron chi connectivity index (χ0n) is 14.3. The van der Waals surface area contributed by atoms with Crippen LogP contribution >= 0.6 is 0 Å². The van der Waals surface area contributed by atoms with E-state index in [9.17, 15) is 17.6 Å². The van der Waals surface area contributed by atoms with E-state index in [0.717, 1.165) is 12.8 Å². The molecule has 1 aliphatic heterocycles. The molecule has 26 heavy (non-hydrogen) atoms. The number of nitrogens with one attached hydrogen (secondary N) is 1. The SMILES string of the molecule is O=C(c1cccc(S(=O)(=O)NCCc2ccccc2F)c1)N1CCCC1. The van der Waals surface area contributed by atoms with Crippen LogP contribution in [-0.4, -0.2) is 38.9 Å². The maximum Gasteiger partial charge on any atom is 0.253 e. The average Bonchev–Trinajstić information content (AvgIpc) is 3.17. The normalized spacial score (nSPS) is 14.6. The zero-order valence-corrected chi connectivity index (χ0v) is 15.1. The van der Waals surface area contributed by atoms with Crippen LogP contribution in [0.1, 0.15) is 28.8 Å². The minimum atomic E-state index is -3.77. The van der Waals surface area contributed by atoms with Crippen molar-refractivity contribution in [1.82, 2.24) is 9.62 Å². The van der Waals surface area contributed by atoms with Gasteiger partial charge in [-0.15, -0.1) is 0 Å². The fourth-order valence-corrected chi connectivity index (χ4v) is 4.08. The van der Waals surface area contributed by atoms with E-state index >= 15 is 0 Å². The van der Waals surface area contributed by atoms with Gasteiger partial charge in [-0.1, -0.05) is 24.3 Å². The molecular formula is C19H21FN2O3S. The molecule has 1 N–H and O–H groups in total. The first-order valence-corrected chi connectivity index (χ1v) is 10.1. The third-order valence-electron chi connectivity index (χ3n) is 4.43. The van der Waals surface area contributed by atoms with Crippen molar-refractivity contribution >= 4 is 15.9 Å². The Morgan fingerprint density at radius 3 is 2.54 bits per heavy atom. The second-order valence-corrected chi connectivity index (χ2v) is 8.03. The van der Waals surface area contributed by atoms with Gasteiger partial charge in [0.1, 0.15) is 5.82 Å². The number of benzene rings is 2. The van der Waals surface area contributed by atoms with Crippen LogP contribution in [0.25, 0.3) is 0 Å². The minimum Gasteiger partial charge on any atom is -0.339 e. The molecule has 1 aliphatic rings. The summed E-state index contributed by atoms with van der Waals surface area (Å²) >= 11 is 0. The van der Waals surface area contributed by atoms with Gasteiger partial charge in [0.05, 0.1) is 4.90 Å². The first-order valence-electron chi connectivity index (χ1n) is 8.60. The van der Waals surface area contributed by atoms with Crippen LogP contribution in [0.3, 0.4) is 0 Å². The molecule has 0 spiro atoms. The van der Waals surface area contributed by atoms with Gasteiger partial charge in [0.2, 0.25) is 10.0 Å². The number of carbonyl (C=O) groups excluding carboxylic acids is 1. The second kappa shape index (κ2) is 7.97. The predicted molar refractivity (Wildman–Crippen MR) is 96.9 cm³/mol. The fraction of sp³-hybridized carbons (Fsp3) is 0.316. The van der Waals surface area contributed by atoms with E-state index in [4.69, 9.17) is 0 Å². The Bertz CT molecular complexity index is 893. The zero-order chi connectivity index (χ0) is 18.6. The molecule has 5 nitrogen and oxygen atoms in total. The van der Waals surface area contributed by atoms with Gasteiger partial charge < -0.3 is 4.90 Å². The van der Waals surface area contributed by atoms with Gasteiger partial charge in [0.25, 0.3) is 5.91 Å². The molecule has 7 heteroatoms. The Labute approximate surface area is 152 Å². The molecular weight excluding hydrogens is 355 g/mol. The van der Waals surface area contributed by atoms with Crippen LogP contribution in [-0.2, 0) is 16.4 Å². The first kappa shape index (κ1) is 18.5. The Balaban J connectivity index is 1.68. The highest BCUT2D eigenvalue weighted by Gasteiger charge is 2.21. The Hall–Kier alpha value is -2.25. The summed E-state index contributed by atoms with van der Waals surface area (Å²) in [5, 5.41) is 0. The molecule has 0 bridgehead atoms. The summed E-state index contributed by atoms with van der Waals surface area (Å²) in [6.45, 7) is 1.49. The summed E-state index contributed by atoms with van der Waals surface area (Å²) in [7, 11) is -3.77. The number of carbonyl (C=O) groups is 1. The van der Waals surface area contributed by atoms with Crippen molar-refractivity contribution in [2.75, 3.05) is 19.6 Å². The number of rotatable bonds is 6. The molecule has 138 valence electrons. The number of hydrogen-bond acceptors (Lipinski definition) is 3. The average molecular weight is 376 g/mol. The second-order valence-electron chi connectivity index (χ2n) is 6.27. The van der Waals surface area contributed by atoms with E-state index in [1.54, 1.807) is 35.2 Å². The number of hydrogen-bond donors (Lipinski definition) is 1. The molecule has 1 fully saturated rings. The number of halogens is 1. The molecule has 3 rings (SSSR count). The van der Waals surface area contributed by atoms with Gasteiger partial charge in [-0.05, 0) is 49.1 Å². The summed E-state index contributed by atoms with van der Waals surface area (Å²) in [5.74, 6) is -0.504. The van der Waals surface area contributed by atoms with E-state index in [-0.39, 0.29) is 29.6 Å². The van der Waals surface area contributed by atoms with Crippen LogP contribution in [0, 0.1) is 5.82 Å². The van der Waals surface area contributed by atoms with E-state index in [1.807, 2.05) is 0 Å². The Kier molecular flexibility index (Phi) is 5.68. The van der Waals surface area contributed by atoms with E-state index < -0.39 is 10.0 Å². The van der Waals surface area contributed by atoms with Crippen molar-refractivity contribution in [2.45, 2.75) is 24.2 Å². The van der Waals surface area contributed by atoms with Gasteiger partial charge >= 0.3 is 0 Å². The molecule has 1 heterocycles. The molecule has 0 aromatic heterocycles. The summed E-state index contributed by atoms with van der Waals surface area (Å²) in [6, 6.07) is 12.3. The van der Waals surface area contributed by atoms with Gasteiger partial charge in [0.15, 0.2) is 0 Å². The van der Waals surface area contributed by atoms with Crippen LogP contribution < -0.4 is 4.72 Å². The molecule has 0 atom stereocenters. The third kappa shape index (κ3) is 4.28. The Morgan fingerprint density at radius 2 is 1.81 bits per heavy atom. The van der Waals surface area contributed by atoms with Crippen LogP contribution in [0.2, 0.25) is 0 Å². The molecule has 0 radical (unpaired) electrons. The lowest BCUT2D eigenvalue weighted by molar-refractivity contribution is 0.0792. The van der Waals surface area contributed by atoms with E-state index in [0.29, 0.717) is 24.2 Å². The van der Waals surface area contributed by atoms with Gasteiger partial charge in [-0.3, -0.25) is 4.79 Å². The van der Waals surface area contributed by atoms with Crippen molar-refractivity contribution in [2.24, 2.45) is 0 Å². The quantitative estimate of drug-likeness (QED) is 0.843. The molecule has 0 aliphatic carbocycles. The van der Waals surface area contributed by atoms with Crippen LogP contribution in [0.15, 0.2) is 53.4 Å². The fourth-order valence-electron chi connectivity index (χ4n) is 3.00. The van der Waals surface area contributed by atoms with Crippen molar-refractivity contribution in [1.29, 1.82) is 0 Å². The summed E-state index contributed by atoms with van der Waals surface area (Å²) in [5.41, 5.74) is 0.817. The molecule has 2 aromatic rings. The molecule has 1 saturated heterocycles. The molecule has 1 amide bonds. The summed E-state index contributed by atoms with van der Waals surface area (Å²) in [4.78, 5) is 14.2. The predicted octanol–water partition coefficient (Wildman–Crippen LogP) is 2.58. The highest BCUT2D eigenvalue weighted by molar-refractivity contribution is 7.89. The minimum absolute atomic E-state index is 0.0380. The van der Waals surface area contributed by atoms with Gasteiger partial charge in [-0.25, -0.2) is 17.5 Å². The van der Waals surface area contributed by atoms with Crippen LogP contribution in [0.5, 0.6) is 0 Å². The van der Waals surface area contributed by atoms with Gasteiger partial charge in [0, 0.05) is 25.2 Å². The number of nitrogens with zero attached hydrogens (tertiary/aromatic N) is 1. The third-order valence-corrected chi connectivity index (χ3v) is 5.89. The lowest BCUT2D eigenvalue weighted by atomic mass is 10.1. The lowest BCUT2D eigenvalue weighted by Crippen LogP contribution is -2.29. The highest BCUT2D eigenvalue weighted by atomic mass is 32.2. The summed E-state index contributed by atoms with van der Waals surface area (Å²) in [6.07, 6.45) is 2.20. The Morgan fingerprint density at radius 1 is 1.08 bits per heavy atom. The summed E-state index contributed by atoms with van der Waals surface area (Å²) < 4.78 is 41.0. The van der Waals surface area contributed by atoms with E-state index in [2.05, 4.69) is 4.72 Å². The van der Waals surface area contributed by atoms with Crippen molar-refractivity contribution in [3.8, 4) is 0 Å². The smallest absolute Gasteiger partial charge is 0.253 e. The van der Waals surface area contributed by atoms with Crippen molar-refractivity contribution < 1.29 is 17.6 Å². The van der Waals surface area contributed by atoms with Crippen molar-refractivity contribution in [3.05, 3.63) is 65.5 Å². The largest absolute Gasteiger partial charge is 0.339 e. The highest BCUT2D eigenvalue weighted by Crippen LogP contribution is 2.16. The number of likely N-dealkylation sites (tertiary alicyclic amines) is 1.